The number of fused-ring (bicyclic) bond motifs is 1. The molecule has 2 amide bonds. The first-order valence-electron chi connectivity index (χ1n) is 7.68. The number of likely N-dealkylation sites (N-methyl/N-ethyl adjacent to an activating group) is 1. The zero-order chi connectivity index (χ0) is 17.1. The highest BCUT2D eigenvalue weighted by atomic mass is 19.1. The average Bonchev–Trinajstić information content (AvgIpc) is 2.88. The Hall–Kier alpha value is -2.89. The first-order valence-corrected chi connectivity index (χ1v) is 7.68. The molecule has 6 heteroatoms. The lowest BCUT2D eigenvalue weighted by Gasteiger charge is -2.15. The first kappa shape index (κ1) is 16.0. The Morgan fingerprint density at radius 1 is 1.25 bits per heavy atom. The summed E-state index contributed by atoms with van der Waals surface area (Å²) in [5, 5.41) is 2.73. The minimum absolute atomic E-state index is 0.0654. The predicted molar refractivity (Wildman–Crippen MR) is 88.7 cm³/mol. The monoisotopic (exact) mass is 328 g/mol. The molecule has 2 aromatic carbocycles. The topological polar surface area (TPSA) is 58.6 Å². The summed E-state index contributed by atoms with van der Waals surface area (Å²) in [6.45, 7) is 2.38. The van der Waals surface area contributed by atoms with Crippen molar-refractivity contribution < 1.29 is 18.7 Å². The van der Waals surface area contributed by atoms with E-state index in [2.05, 4.69) is 5.32 Å². The number of benzene rings is 2. The SMILES string of the molecule is CCN1C(=O)Cc2cc(NC(=O)COc3ccc(F)cc3)ccc21. The molecule has 0 bridgehead atoms. The molecule has 1 heterocycles. The maximum Gasteiger partial charge on any atom is 0.262 e. The van der Waals surface area contributed by atoms with Gasteiger partial charge in [0.2, 0.25) is 5.91 Å². The van der Waals surface area contributed by atoms with E-state index in [0.29, 0.717) is 24.4 Å². The number of hydrogen-bond donors (Lipinski definition) is 1. The molecular weight excluding hydrogens is 311 g/mol. The van der Waals surface area contributed by atoms with Gasteiger partial charge in [-0.2, -0.15) is 0 Å². The summed E-state index contributed by atoms with van der Waals surface area (Å²) in [5.41, 5.74) is 2.41. The zero-order valence-electron chi connectivity index (χ0n) is 13.2. The van der Waals surface area contributed by atoms with Crippen LogP contribution < -0.4 is 15.0 Å². The molecule has 0 fully saturated rings. The number of nitrogens with one attached hydrogen (secondary N) is 1. The Balaban J connectivity index is 1.60. The number of halogens is 1. The van der Waals surface area contributed by atoms with Gasteiger partial charge in [0.1, 0.15) is 11.6 Å². The molecule has 0 saturated carbocycles. The van der Waals surface area contributed by atoms with E-state index in [1.807, 2.05) is 13.0 Å². The van der Waals surface area contributed by atoms with Gasteiger partial charge < -0.3 is 15.0 Å². The quantitative estimate of drug-likeness (QED) is 0.918. The molecule has 1 aliphatic rings. The zero-order valence-corrected chi connectivity index (χ0v) is 13.2. The molecule has 0 spiro atoms. The van der Waals surface area contributed by atoms with Crippen molar-refractivity contribution in [1.29, 1.82) is 0 Å². The largest absolute Gasteiger partial charge is 0.484 e. The van der Waals surface area contributed by atoms with Crippen LogP contribution in [-0.2, 0) is 16.0 Å². The fraction of sp³-hybridized carbons (Fsp3) is 0.222. The summed E-state index contributed by atoms with van der Waals surface area (Å²) in [4.78, 5) is 25.5. The van der Waals surface area contributed by atoms with E-state index in [-0.39, 0.29) is 24.2 Å². The van der Waals surface area contributed by atoms with Gasteiger partial charge in [-0.15, -0.1) is 0 Å². The second-order valence-corrected chi connectivity index (χ2v) is 5.45. The second kappa shape index (κ2) is 6.70. The van der Waals surface area contributed by atoms with E-state index < -0.39 is 0 Å². The highest BCUT2D eigenvalue weighted by Crippen LogP contribution is 2.30. The number of anilines is 2. The summed E-state index contributed by atoms with van der Waals surface area (Å²) < 4.78 is 18.1. The number of ether oxygens (including phenoxy) is 1. The molecule has 0 aromatic heterocycles. The molecule has 3 rings (SSSR count). The summed E-state index contributed by atoms with van der Waals surface area (Å²) in [6, 6.07) is 10.9. The number of hydrogen-bond acceptors (Lipinski definition) is 3. The van der Waals surface area contributed by atoms with Crippen LogP contribution in [-0.4, -0.2) is 25.0 Å². The van der Waals surface area contributed by atoms with E-state index in [4.69, 9.17) is 4.74 Å². The maximum absolute atomic E-state index is 12.8. The van der Waals surface area contributed by atoms with Crippen LogP contribution in [0.3, 0.4) is 0 Å². The minimum atomic E-state index is -0.361. The van der Waals surface area contributed by atoms with E-state index in [1.54, 1.807) is 17.0 Å². The average molecular weight is 328 g/mol. The summed E-state index contributed by atoms with van der Waals surface area (Å²) in [6.07, 6.45) is 0.346. The van der Waals surface area contributed by atoms with Gasteiger partial charge in [0.15, 0.2) is 6.61 Å². The van der Waals surface area contributed by atoms with E-state index in [9.17, 15) is 14.0 Å². The van der Waals surface area contributed by atoms with Crippen LogP contribution in [0.15, 0.2) is 42.5 Å². The van der Waals surface area contributed by atoms with Crippen molar-refractivity contribution in [2.45, 2.75) is 13.3 Å². The molecular formula is C18H17FN2O3. The Bertz CT molecular complexity index is 774. The van der Waals surface area contributed by atoms with Gasteiger partial charge in [0.25, 0.3) is 5.91 Å². The molecule has 1 N–H and O–H groups in total. The molecule has 0 atom stereocenters. The number of nitrogens with zero attached hydrogens (tertiary/aromatic N) is 1. The van der Waals surface area contributed by atoms with Crippen LogP contribution in [0.2, 0.25) is 0 Å². The number of carbonyl (C=O) groups is 2. The third kappa shape index (κ3) is 3.37. The summed E-state index contributed by atoms with van der Waals surface area (Å²) in [7, 11) is 0. The van der Waals surface area contributed by atoms with Crippen molar-refractivity contribution in [2.75, 3.05) is 23.4 Å². The molecule has 0 radical (unpaired) electrons. The highest BCUT2D eigenvalue weighted by molar-refractivity contribution is 6.02. The van der Waals surface area contributed by atoms with Crippen LogP contribution in [0.5, 0.6) is 5.75 Å². The van der Waals surface area contributed by atoms with Crippen LogP contribution >= 0.6 is 0 Å². The molecule has 0 unspecified atom stereocenters. The van der Waals surface area contributed by atoms with Gasteiger partial charge >= 0.3 is 0 Å². The standard InChI is InChI=1S/C18H17FN2O3/c1-2-21-16-8-5-14(9-12(16)10-18(21)23)20-17(22)11-24-15-6-3-13(19)4-7-15/h3-9H,2,10-11H2,1H3,(H,20,22). The fourth-order valence-corrected chi connectivity index (χ4v) is 2.68. The lowest BCUT2D eigenvalue weighted by atomic mass is 10.1. The number of amides is 2. The molecule has 24 heavy (non-hydrogen) atoms. The number of carbonyl (C=O) groups excluding carboxylic acids is 2. The number of rotatable bonds is 5. The van der Waals surface area contributed by atoms with Crippen LogP contribution in [0.1, 0.15) is 12.5 Å². The van der Waals surface area contributed by atoms with Crippen molar-refractivity contribution in [3.63, 3.8) is 0 Å². The van der Waals surface area contributed by atoms with Crippen molar-refractivity contribution >= 4 is 23.2 Å². The van der Waals surface area contributed by atoms with Gasteiger partial charge in [-0.05, 0) is 55.0 Å². The van der Waals surface area contributed by atoms with Gasteiger partial charge in [-0.1, -0.05) is 0 Å². The molecule has 2 aromatic rings. The Kier molecular flexibility index (Phi) is 4.46. The fourth-order valence-electron chi connectivity index (χ4n) is 2.68. The summed E-state index contributed by atoms with van der Waals surface area (Å²) in [5.74, 6) is -0.197. The molecule has 0 saturated heterocycles. The van der Waals surface area contributed by atoms with Crippen molar-refractivity contribution in [2.24, 2.45) is 0 Å². The Morgan fingerprint density at radius 2 is 2.00 bits per heavy atom. The van der Waals surface area contributed by atoms with Gasteiger partial charge in [0.05, 0.1) is 6.42 Å². The normalized spacial score (nSPS) is 12.9. The molecule has 124 valence electrons. The summed E-state index contributed by atoms with van der Waals surface area (Å²) >= 11 is 0. The lowest BCUT2D eigenvalue weighted by Crippen LogP contribution is -2.25. The lowest BCUT2D eigenvalue weighted by molar-refractivity contribution is -0.118. The minimum Gasteiger partial charge on any atom is -0.484 e. The van der Waals surface area contributed by atoms with Crippen LogP contribution in [0.25, 0.3) is 0 Å². The molecule has 0 aliphatic carbocycles. The van der Waals surface area contributed by atoms with Crippen molar-refractivity contribution in [1.82, 2.24) is 0 Å². The van der Waals surface area contributed by atoms with E-state index in [1.165, 1.54) is 24.3 Å². The van der Waals surface area contributed by atoms with Crippen molar-refractivity contribution in [3.8, 4) is 5.75 Å². The first-order chi connectivity index (χ1) is 11.6. The Morgan fingerprint density at radius 3 is 2.71 bits per heavy atom. The smallest absolute Gasteiger partial charge is 0.262 e. The van der Waals surface area contributed by atoms with Crippen molar-refractivity contribution in [3.05, 3.63) is 53.8 Å². The van der Waals surface area contributed by atoms with Crippen LogP contribution in [0.4, 0.5) is 15.8 Å². The van der Waals surface area contributed by atoms with Gasteiger partial charge in [-0.3, -0.25) is 9.59 Å². The van der Waals surface area contributed by atoms with Gasteiger partial charge in [-0.25, -0.2) is 4.39 Å². The Labute approximate surface area is 139 Å². The highest BCUT2D eigenvalue weighted by Gasteiger charge is 2.25. The molecule has 5 nitrogen and oxygen atoms in total. The predicted octanol–water partition coefficient (Wildman–Crippen LogP) is 2.75. The third-order valence-corrected chi connectivity index (χ3v) is 3.80. The van der Waals surface area contributed by atoms with Crippen LogP contribution in [0, 0.1) is 5.82 Å². The van der Waals surface area contributed by atoms with Gasteiger partial charge in [0, 0.05) is 17.9 Å². The van der Waals surface area contributed by atoms with E-state index in [0.717, 1.165) is 11.3 Å². The third-order valence-electron chi connectivity index (χ3n) is 3.80. The second-order valence-electron chi connectivity index (χ2n) is 5.45. The maximum atomic E-state index is 12.8. The molecule has 1 aliphatic heterocycles. The van der Waals surface area contributed by atoms with E-state index >= 15 is 0 Å².